The lowest BCUT2D eigenvalue weighted by Gasteiger charge is -2.21. The molecule has 3 heterocycles. The van der Waals surface area contributed by atoms with Crippen LogP contribution in [0.2, 0.25) is 0 Å². The van der Waals surface area contributed by atoms with E-state index >= 15 is 0 Å². The van der Waals surface area contributed by atoms with Crippen molar-refractivity contribution in [1.82, 2.24) is 9.55 Å². The van der Waals surface area contributed by atoms with E-state index in [1.165, 1.54) is 0 Å². The third kappa shape index (κ3) is 2.75. The molecule has 2 aromatic heterocycles. The molecule has 1 aliphatic rings. The maximum atomic E-state index is 12.6. The second kappa shape index (κ2) is 6.13. The fourth-order valence-corrected chi connectivity index (χ4v) is 3.10. The lowest BCUT2D eigenvalue weighted by molar-refractivity contribution is 0.524. The van der Waals surface area contributed by atoms with Gasteiger partial charge in [0.25, 0.3) is 5.56 Å². The topological polar surface area (TPSA) is 48.0 Å². The molecular formula is C17H19ClN2O2. The molecule has 2 aromatic rings. The van der Waals surface area contributed by atoms with Crippen LogP contribution in [0, 0.1) is 13.8 Å². The summed E-state index contributed by atoms with van der Waals surface area (Å²) in [5.41, 5.74) is 2.61. The minimum absolute atomic E-state index is 0.0457. The van der Waals surface area contributed by atoms with Gasteiger partial charge in [-0.2, -0.15) is 0 Å². The van der Waals surface area contributed by atoms with Crippen LogP contribution in [0.1, 0.15) is 41.4 Å². The molecule has 1 aliphatic heterocycles. The van der Waals surface area contributed by atoms with Crippen molar-refractivity contribution in [3.05, 3.63) is 51.1 Å². The van der Waals surface area contributed by atoms with Crippen LogP contribution in [0.25, 0.3) is 11.6 Å². The molecule has 5 heteroatoms. The SMILES string of the molecule is Cc1ccc(C=C2CCCn3c2nc(C)c(CCCl)c3=O)o1. The van der Waals surface area contributed by atoms with E-state index in [9.17, 15) is 4.79 Å². The highest BCUT2D eigenvalue weighted by Crippen LogP contribution is 2.27. The quantitative estimate of drug-likeness (QED) is 0.813. The van der Waals surface area contributed by atoms with Crippen LogP contribution in [0.5, 0.6) is 0 Å². The predicted octanol–water partition coefficient (Wildman–Crippen LogP) is 3.57. The number of alkyl halides is 1. The minimum atomic E-state index is 0.0457. The van der Waals surface area contributed by atoms with Crippen molar-refractivity contribution < 1.29 is 4.42 Å². The first-order valence-electron chi connectivity index (χ1n) is 7.54. The van der Waals surface area contributed by atoms with Crippen LogP contribution < -0.4 is 5.56 Å². The smallest absolute Gasteiger partial charge is 0.257 e. The van der Waals surface area contributed by atoms with Gasteiger partial charge in [0, 0.05) is 23.7 Å². The van der Waals surface area contributed by atoms with Crippen LogP contribution in [0.3, 0.4) is 0 Å². The van der Waals surface area contributed by atoms with Crippen LogP contribution in [0.4, 0.5) is 0 Å². The molecule has 0 saturated heterocycles. The first kappa shape index (κ1) is 15.1. The fourth-order valence-electron chi connectivity index (χ4n) is 2.91. The Balaban J connectivity index is 2.11. The highest BCUT2D eigenvalue weighted by atomic mass is 35.5. The van der Waals surface area contributed by atoms with E-state index in [1.54, 1.807) is 4.57 Å². The molecule has 22 heavy (non-hydrogen) atoms. The predicted molar refractivity (Wildman–Crippen MR) is 88.2 cm³/mol. The van der Waals surface area contributed by atoms with Crippen molar-refractivity contribution in [3.8, 4) is 0 Å². The molecule has 116 valence electrons. The summed E-state index contributed by atoms with van der Waals surface area (Å²) >= 11 is 5.80. The van der Waals surface area contributed by atoms with Gasteiger partial charge in [0.2, 0.25) is 0 Å². The van der Waals surface area contributed by atoms with Crippen molar-refractivity contribution >= 4 is 23.3 Å². The third-order valence-corrected chi connectivity index (χ3v) is 4.20. The number of furan rings is 1. The van der Waals surface area contributed by atoms with Crippen LogP contribution in [-0.4, -0.2) is 15.4 Å². The van der Waals surface area contributed by atoms with Gasteiger partial charge in [0.15, 0.2) is 0 Å². The number of rotatable bonds is 3. The van der Waals surface area contributed by atoms with Gasteiger partial charge in [-0.15, -0.1) is 11.6 Å². The average Bonchev–Trinajstić information content (AvgIpc) is 2.90. The monoisotopic (exact) mass is 318 g/mol. The van der Waals surface area contributed by atoms with Crippen LogP contribution in [0.15, 0.2) is 21.3 Å². The van der Waals surface area contributed by atoms with Gasteiger partial charge in [-0.3, -0.25) is 9.36 Å². The second-order valence-corrected chi connectivity index (χ2v) is 5.99. The Morgan fingerprint density at radius 3 is 2.91 bits per heavy atom. The van der Waals surface area contributed by atoms with Crippen LogP contribution in [-0.2, 0) is 13.0 Å². The maximum Gasteiger partial charge on any atom is 0.257 e. The molecule has 0 unspecified atom stereocenters. The van der Waals surface area contributed by atoms with E-state index in [-0.39, 0.29) is 5.56 Å². The van der Waals surface area contributed by atoms with Gasteiger partial charge in [-0.25, -0.2) is 4.98 Å². The van der Waals surface area contributed by atoms with Gasteiger partial charge < -0.3 is 4.42 Å². The molecule has 0 bridgehead atoms. The van der Waals surface area contributed by atoms with Crippen molar-refractivity contribution in [1.29, 1.82) is 0 Å². The number of hydrogen-bond donors (Lipinski definition) is 0. The third-order valence-electron chi connectivity index (χ3n) is 4.01. The average molecular weight is 319 g/mol. The number of hydrogen-bond acceptors (Lipinski definition) is 3. The summed E-state index contributed by atoms with van der Waals surface area (Å²) in [6.45, 7) is 4.51. The van der Waals surface area contributed by atoms with Crippen LogP contribution >= 0.6 is 11.6 Å². The summed E-state index contributed by atoms with van der Waals surface area (Å²) in [5.74, 6) is 2.88. The Morgan fingerprint density at radius 2 is 2.23 bits per heavy atom. The van der Waals surface area contributed by atoms with Crippen molar-refractivity contribution in [3.63, 3.8) is 0 Å². The summed E-state index contributed by atoms with van der Waals surface area (Å²) in [6, 6.07) is 3.87. The van der Waals surface area contributed by atoms with E-state index in [1.807, 2.05) is 32.1 Å². The molecule has 0 atom stereocenters. The standard InChI is InChI=1S/C17H19ClN2O2/c1-11-5-6-14(22-11)10-13-4-3-9-20-16(13)19-12(2)15(7-8-18)17(20)21/h5-6,10H,3-4,7-9H2,1-2H3. The molecule has 0 spiro atoms. The van der Waals surface area contributed by atoms with Crippen molar-refractivity contribution in [2.75, 3.05) is 5.88 Å². The largest absolute Gasteiger partial charge is 0.462 e. The van der Waals surface area contributed by atoms with Gasteiger partial charge in [-0.1, -0.05) is 0 Å². The Kier molecular flexibility index (Phi) is 4.21. The highest BCUT2D eigenvalue weighted by molar-refractivity contribution is 6.18. The maximum absolute atomic E-state index is 12.6. The number of aryl methyl sites for hydroxylation is 2. The van der Waals surface area contributed by atoms with Gasteiger partial charge >= 0.3 is 0 Å². The zero-order valence-electron chi connectivity index (χ0n) is 12.9. The summed E-state index contributed by atoms with van der Waals surface area (Å²) < 4.78 is 7.39. The van der Waals surface area contributed by atoms with Crippen molar-refractivity contribution in [2.24, 2.45) is 0 Å². The first-order valence-corrected chi connectivity index (χ1v) is 8.07. The summed E-state index contributed by atoms with van der Waals surface area (Å²) in [6.07, 6.45) is 4.39. The Morgan fingerprint density at radius 1 is 1.41 bits per heavy atom. The molecular weight excluding hydrogens is 300 g/mol. The molecule has 0 saturated carbocycles. The molecule has 0 amide bonds. The summed E-state index contributed by atoms with van der Waals surface area (Å²) in [7, 11) is 0. The Bertz CT molecular complexity index is 786. The molecule has 0 aromatic carbocycles. The van der Waals surface area contributed by atoms with E-state index in [0.717, 1.165) is 47.0 Å². The zero-order chi connectivity index (χ0) is 15.7. The molecule has 0 fully saturated rings. The fraction of sp³-hybridized carbons (Fsp3) is 0.412. The molecule has 0 aliphatic carbocycles. The lowest BCUT2D eigenvalue weighted by atomic mass is 10.0. The summed E-state index contributed by atoms with van der Waals surface area (Å²) in [4.78, 5) is 17.3. The minimum Gasteiger partial charge on any atom is -0.462 e. The normalized spacial score (nSPS) is 16.0. The van der Waals surface area contributed by atoms with E-state index in [2.05, 4.69) is 4.98 Å². The number of nitrogens with zero attached hydrogens (tertiary/aromatic N) is 2. The number of aromatic nitrogens is 2. The second-order valence-electron chi connectivity index (χ2n) is 5.62. The van der Waals surface area contributed by atoms with Gasteiger partial charge in [-0.05, 0) is 56.9 Å². The number of fused-ring (bicyclic) bond motifs is 1. The lowest BCUT2D eigenvalue weighted by Crippen LogP contribution is -2.31. The number of halogens is 1. The van der Waals surface area contributed by atoms with Gasteiger partial charge in [0.1, 0.15) is 17.3 Å². The van der Waals surface area contributed by atoms with Gasteiger partial charge in [0.05, 0.1) is 0 Å². The van der Waals surface area contributed by atoms with E-state index < -0.39 is 0 Å². The zero-order valence-corrected chi connectivity index (χ0v) is 13.6. The van der Waals surface area contributed by atoms with Crippen molar-refractivity contribution in [2.45, 2.75) is 39.7 Å². The van der Waals surface area contributed by atoms with E-state index in [0.29, 0.717) is 18.8 Å². The Hall–Kier alpha value is -1.81. The Labute approximate surface area is 134 Å². The summed E-state index contributed by atoms with van der Waals surface area (Å²) in [5, 5.41) is 0. The number of allylic oxidation sites excluding steroid dienone is 1. The molecule has 0 radical (unpaired) electrons. The molecule has 0 N–H and O–H groups in total. The highest BCUT2D eigenvalue weighted by Gasteiger charge is 2.20. The van der Waals surface area contributed by atoms with E-state index in [4.69, 9.17) is 16.0 Å². The molecule has 4 nitrogen and oxygen atoms in total. The molecule has 3 rings (SSSR count). The first-order chi connectivity index (χ1) is 10.6.